The van der Waals surface area contributed by atoms with Crippen molar-refractivity contribution in [1.82, 2.24) is 24.5 Å². The first-order valence-electron chi connectivity index (χ1n) is 12.4. The average molecular weight is 557 g/mol. The van der Waals surface area contributed by atoms with Crippen molar-refractivity contribution in [2.75, 3.05) is 6.61 Å². The predicted molar refractivity (Wildman–Crippen MR) is 144 cm³/mol. The first kappa shape index (κ1) is 25.5. The SMILES string of the molecule is [C-]#[N+]c1ccc(COc2cccc(-c3cnc(Cc4nc5sc(C(=O)O)cc5n4CC4CCO4)nc3)n2)c(F)c1. The summed E-state index contributed by atoms with van der Waals surface area (Å²) in [5, 5.41) is 9.38. The van der Waals surface area contributed by atoms with E-state index in [1.165, 1.54) is 12.1 Å². The van der Waals surface area contributed by atoms with Crippen molar-refractivity contribution in [2.45, 2.75) is 32.1 Å². The molecule has 200 valence electrons. The van der Waals surface area contributed by atoms with Gasteiger partial charge in [0.05, 0.1) is 36.9 Å². The van der Waals surface area contributed by atoms with Crippen LogP contribution in [0.2, 0.25) is 0 Å². The molecule has 1 aromatic carbocycles. The largest absolute Gasteiger partial charge is 0.477 e. The number of halogens is 1. The fraction of sp³-hybridized carbons (Fsp3) is 0.214. The van der Waals surface area contributed by atoms with Gasteiger partial charge in [-0.15, -0.1) is 11.3 Å². The van der Waals surface area contributed by atoms with Gasteiger partial charge in [-0.25, -0.2) is 34.0 Å². The van der Waals surface area contributed by atoms with Crippen LogP contribution in [0.5, 0.6) is 5.88 Å². The molecule has 0 amide bonds. The van der Waals surface area contributed by atoms with Crippen molar-refractivity contribution in [3.8, 4) is 17.1 Å². The van der Waals surface area contributed by atoms with E-state index in [-0.39, 0.29) is 23.3 Å². The highest BCUT2D eigenvalue weighted by molar-refractivity contribution is 7.20. The van der Waals surface area contributed by atoms with Gasteiger partial charge < -0.3 is 19.1 Å². The smallest absolute Gasteiger partial charge is 0.346 e. The molecule has 0 spiro atoms. The van der Waals surface area contributed by atoms with Gasteiger partial charge in [0.15, 0.2) is 5.69 Å². The lowest BCUT2D eigenvalue weighted by molar-refractivity contribution is -0.0589. The summed E-state index contributed by atoms with van der Waals surface area (Å²) >= 11 is 1.14. The van der Waals surface area contributed by atoms with Crippen LogP contribution in [0.4, 0.5) is 10.1 Å². The monoisotopic (exact) mass is 556 g/mol. The highest BCUT2D eigenvalue weighted by Crippen LogP contribution is 2.29. The molecule has 1 N–H and O–H groups in total. The van der Waals surface area contributed by atoms with E-state index >= 15 is 0 Å². The molecule has 6 rings (SSSR count). The molecule has 12 heteroatoms. The number of rotatable bonds is 9. The van der Waals surface area contributed by atoms with E-state index in [0.29, 0.717) is 46.3 Å². The Bertz CT molecular complexity index is 1760. The lowest BCUT2D eigenvalue weighted by Gasteiger charge is -2.27. The van der Waals surface area contributed by atoms with Gasteiger partial charge in [-0.3, -0.25) is 0 Å². The molecular formula is C28H21FN6O4S. The molecule has 1 atom stereocenters. The Kier molecular flexibility index (Phi) is 6.90. The van der Waals surface area contributed by atoms with Gasteiger partial charge in [0.25, 0.3) is 0 Å². The van der Waals surface area contributed by atoms with Crippen LogP contribution in [0.25, 0.3) is 26.4 Å². The minimum Gasteiger partial charge on any atom is -0.477 e. The topological polar surface area (TPSA) is 117 Å². The third-order valence-corrected chi connectivity index (χ3v) is 7.51. The van der Waals surface area contributed by atoms with Crippen molar-refractivity contribution in [2.24, 2.45) is 0 Å². The molecule has 1 aliphatic heterocycles. The number of aromatic nitrogens is 5. The van der Waals surface area contributed by atoms with Crippen LogP contribution in [0.3, 0.4) is 0 Å². The van der Waals surface area contributed by atoms with Gasteiger partial charge in [-0.05, 0) is 24.6 Å². The maximum absolute atomic E-state index is 14.2. The molecule has 40 heavy (non-hydrogen) atoms. The van der Waals surface area contributed by atoms with Crippen LogP contribution >= 0.6 is 11.3 Å². The second-order valence-corrected chi connectivity index (χ2v) is 10.2. The molecule has 1 unspecified atom stereocenters. The van der Waals surface area contributed by atoms with Crippen molar-refractivity contribution >= 4 is 33.3 Å². The van der Waals surface area contributed by atoms with Gasteiger partial charge in [-0.1, -0.05) is 18.2 Å². The van der Waals surface area contributed by atoms with E-state index in [1.807, 2.05) is 4.57 Å². The molecule has 4 aromatic heterocycles. The number of ether oxygens (including phenoxy) is 2. The summed E-state index contributed by atoms with van der Waals surface area (Å²) in [6.45, 7) is 8.26. The number of aromatic carboxylic acids is 1. The lowest BCUT2D eigenvalue weighted by atomic mass is 10.2. The summed E-state index contributed by atoms with van der Waals surface area (Å²) in [7, 11) is 0. The minimum atomic E-state index is -0.972. The summed E-state index contributed by atoms with van der Waals surface area (Å²) in [6, 6.07) is 11.2. The molecule has 0 aliphatic carbocycles. The van der Waals surface area contributed by atoms with Crippen LogP contribution in [0.15, 0.2) is 54.9 Å². The number of benzene rings is 1. The summed E-state index contributed by atoms with van der Waals surface area (Å²) < 4.78 is 27.5. The first-order chi connectivity index (χ1) is 19.5. The van der Waals surface area contributed by atoms with Gasteiger partial charge in [0, 0.05) is 36.2 Å². The molecule has 1 fully saturated rings. The Morgan fingerprint density at radius 3 is 2.75 bits per heavy atom. The first-order valence-corrected chi connectivity index (χ1v) is 13.2. The second-order valence-electron chi connectivity index (χ2n) is 9.13. The highest BCUT2D eigenvalue weighted by Gasteiger charge is 2.24. The van der Waals surface area contributed by atoms with Gasteiger partial charge in [0.1, 0.15) is 33.8 Å². The molecule has 10 nitrogen and oxygen atoms in total. The zero-order chi connectivity index (χ0) is 27.6. The van der Waals surface area contributed by atoms with Crippen LogP contribution in [0, 0.1) is 12.4 Å². The van der Waals surface area contributed by atoms with Crippen molar-refractivity contribution in [3.63, 3.8) is 0 Å². The standard InChI is InChI=1S/C28H21FN6O4S/c1-30-18-6-5-16(20(29)9-18)15-39-26-4-2-3-21(33-26)17-12-31-24(32-13-17)11-25-34-27-22(10-23(40-27)28(36)37)35(25)14-19-7-8-38-19/h2-6,9-10,12-13,19H,7-8,11,14-15H2,(H,36,37). The number of thiophene rings is 1. The van der Waals surface area contributed by atoms with Gasteiger partial charge in [-0.2, -0.15) is 0 Å². The van der Waals surface area contributed by atoms with Crippen LogP contribution in [-0.4, -0.2) is 48.3 Å². The number of fused-ring (bicyclic) bond motifs is 1. The third kappa shape index (κ3) is 5.25. The average Bonchev–Trinajstić information content (AvgIpc) is 3.49. The Morgan fingerprint density at radius 1 is 1.23 bits per heavy atom. The molecule has 0 radical (unpaired) electrons. The molecule has 1 saturated heterocycles. The Morgan fingerprint density at radius 2 is 2.05 bits per heavy atom. The maximum Gasteiger partial charge on any atom is 0.346 e. The predicted octanol–water partition coefficient (Wildman–Crippen LogP) is 5.30. The fourth-order valence-corrected chi connectivity index (χ4v) is 5.18. The van der Waals surface area contributed by atoms with E-state index in [2.05, 4.69) is 24.8 Å². The Labute approximate surface area is 231 Å². The number of carboxylic acid groups (broad SMARTS) is 1. The highest BCUT2D eigenvalue weighted by atomic mass is 32.1. The molecule has 5 heterocycles. The molecule has 0 saturated carbocycles. The van der Waals surface area contributed by atoms with Crippen molar-refractivity contribution in [3.05, 3.63) is 94.2 Å². The molecule has 0 bridgehead atoms. The number of nitrogens with zero attached hydrogens (tertiary/aromatic N) is 6. The zero-order valence-electron chi connectivity index (χ0n) is 21.0. The summed E-state index contributed by atoms with van der Waals surface area (Å²) in [4.78, 5) is 33.8. The van der Waals surface area contributed by atoms with E-state index < -0.39 is 11.8 Å². The number of carbonyl (C=O) groups is 1. The van der Waals surface area contributed by atoms with E-state index in [1.54, 1.807) is 42.7 Å². The van der Waals surface area contributed by atoms with E-state index in [9.17, 15) is 14.3 Å². The summed E-state index contributed by atoms with van der Waals surface area (Å²) in [5.41, 5.74) is 2.60. The number of hydrogen-bond donors (Lipinski definition) is 1. The lowest BCUT2D eigenvalue weighted by Crippen LogP contribution is -2.31. The Balaban J connectivity index is 1.18. The number of hydrogen-bond acceptors (Lipinski definition) is 8. The normalized spacial score (nSPS) is 14.6. The Hall–Kier alpha value is -4.73. The molecule has 1 aliphatic rings. The zero-order valence-corrected chi connectivity index (χ0v) is 21.8. The minimum absolute atomic E-state index is 0.0278. The third-order valence-electron chi connectivity index (χ3n) is 6.50. The molecular weight excluding hydrogens is 535 g/mol. The summed E-state index contributed by atoms with van der Waals surface area (Å²) in [5.74, 6) is 0.140. The number of imidazole rings is 1. The molecule has 5 aromatic rings. The maximum atomic E-state index is 14.2. The van der Waals surface area contributed by atoms with Crippen molar-refractivity contribution < 1.29 is 23.8 Å². The van der Waals surface area contributed by atoms with Gasteiger partial charge in [0.2, 0.25) is 5.88 Å². The second kappa shape index (κ2) is 10.8. The van der Waals surface area contributed by atoms with Crippen LogP contribution < -0.4 is 4.74 Å². The van der Waals surface area contributed by atoms with Crippen LogP contribution in [-0.2, 0) is 24.3 Å². The van der Waals surface area contributed by atoms with E-state index in [0.717, 1.165) is 35.7 Å². The summed E-state index contributed by atoms with van der Waals surface area (Å²) in [6.07, 6.45) is 4.72. The number of carboxylic acids is 1. The fourth-order valence-electron chi connectivity index (χ4n) is 4.29. The van der Waals surface area contributed by atoms with E-state index in [4.69, 9.17) is 16.0 Å². The van der Waals surface area contributed by atoms with Gasteiger partial charge >= 0.3 is 5.97 Å². The van der Waals surface area contributed by atoms with Crippen molar-refractivity contribution in [1.29, 1.82) is 0 Å². The quantitative estimate of drug-likeness (QED) is 0.243. The van der Waals surface area contributed by atoms with Crippen LogP contribution in [0.1, 0.15) is 33.3 Å². The number of pyridine rings is 1.